The van der Waals surface area contributed by atoms with Crippen molar-refractivity contribution in [2.75, 3.05) is 17.1 Å². The molecule has 0 heterocycles. The molecular formula is C21H20FNO3S. The van der Waals surface area contributed by atoms with E-state index in [1.165, 1.54) is 24.3 Å². The van der Waals surface area contributed by atoms with Crippen LogP contribution in [0.5, 0.6) is 5.75 Å². The average molecular weight is 385 g/mol. The molecule has 0 bridgehead atoms. The second kappa shape index (κ2) is 8.68. The van der Waals surface area contributed by atoms with Crippen LogP contribution in [0.25, 0.3) is 0 Å². The summed E-state index contributed by atoms with van der Waals surface area (Å²) >= 11 is 0. The number of para-hydroxylation sites is 1. The van der Waals surface area contributed by atoms with Gasteiger partial charge in [0.15, 0.2) is 0 Å². The molecule has 4 nitrogen and oxygen atoms in total. The van der Waals surface area contributed by atoms with E-state index in [9.17, 15) is 12.8 Å². The summed E-state index contributed by atoms with van der Waals surface area (Å²) in [5.41, 5.74) is 2.55. The van der Waals surface area contributed by atoms with Gasteiger partial charge in [-0.05, 0) is 47.9 Å². The molecule has 0 saturated carbocycles. The Bertz CT molecular complexity index is 974. The third-order valence-electron chi connectivity index (χ3n) is 3.95. The Morgan fingerprint density at radius 3 is 2.26 bits per heavy atom. The Hall–Kier alpha value is -2.86. The Kier molecular flexibility index (Phi) is 6.08. The van der Waals surface area contributed by atoms with Crippen LogP contribution < -0.4 is 9.46 Å². The molecule has 0 aliphatic carbocycles. The monoisotopic (exact) mass is 385 g/mol. The fraction of sp³-hybridized carbons (Fsp3) is 0.143. The summed E-state index contributed by atoms with van der Waals surface area (Å²) in [6.45, 7) is -0.0260. The lowest BCUT2D eigenvalue weighted by Gasteiger charge is -2.13. The number of hydrogen-bond acceptors (Lipinski definition) is 3. The Balaban J connectivity index is 1.62. The van der Waals surface area contributed by atoms with Crippen LogP contribution in [-0.2, 0) is 16.4 Å². The number of ether oxygens (including phenoxy) is 1. The fourth-order valence-electron chi connectivity index (χ4n) is 2.61. The van der Waals surface area contributed by atoms with E-state index in [1.807, 2.05) is 42.5 Å². The lowest BCUT2D eigenvalue weighted by Crippen LogP contribution is -2.22. The van der Waals surface area contributed by atoms with Crippen LogP contribution in [0.15, 0.2) is 78.9 Å². The Labute approximate surface area is 158 Å². The van der Waals surface area contributed by atoms with Crippen LogP contribution in [0.4, 0.5) is 10.1 Å². The summed E-state index contributed by atoms with van der Waals surface area (Å²) in [6.07, 6.45) is 0.631. The minimum atomic E-state index is -3.58. The van der Waals surface area contributed by atoms with E-state index in [1.54, 1.807) is 12.1 Å². The highest BCUT2D eigenvalue weighted by Crippen LogP contribution is 2.20. The summed E-state index contributed by atoms with van der Waals surface area (Å²) in [4.78, 5) is 0. The van der Waals surface area contributed by atoms with Crippen molar-refractivity contribution < 1.29 is 17.5 Å². The Morgan fingerprint density at radius 2 is 1.52 bits per heavy atom. The van der Waals surface area contributed by atoms with Crippen molar-refractivity contribution >= 4 is 15.7 Å². The number of rotatable bonds is 8. The molecular weight excluding hydrogens is 365 g/mol. The van der Waals surface area contributed by atoms with Crippen LogP contribution in [0.3, 0.4) is 0 Å². The van der Waals surface area contributed by atoms with Gasteiger partial charge in [0.2, 0.25) is 10.0 Å². The molecule has 27 heavy (non-hydrogen) atoms. The van der Waals surface area contributed by atoms with Gasteiger partial charge in [0, 0.05) is 0 Å². The van der Waals surface area contributed by atoms with Gasteiger partial charge in [-0.1, -0.05) is 48.5 Å². The van der Waals surface area contributed by atoms with Gasteiger partial charge in [0.25, 0.3) is 0 Å². The first-order chi connectivity index (χ1) is 13.0. The molecule has 3 rings (SSSR count). The normalized spacial score (nSPS) is 11.1. The summed E-state index contributed by atoms with van der Waals surface area (Å²) in [7, 11) is -3.58. The van der Waals surface area contributed by atoms with Crippen molar-refractivity contribution in [2.24, 2.45) is 0 Å². The molecule has 0 radical (unpaired) electrons. The predicted octanol–water partition coefficient (Wildman–Crippen LogP) is 4.24. The molecule has 0 aromatic heterocycles. The van der Waals surface area contributed by atoms with Crippen molar-refractivity contribution in [2.45, 2.75) is 6.42 Å². The second-order valence-corrected chi connectivity index (χ2v) is 7.88. The summed E-state index contributed by atoms with van der Waals surface area (Å²) in [6, 6.07) is 22.6. The van der Waals surface area contributed by atoms with Crippen LogP contribution in [0.2, 0.25) is 0 Å². The fourth-order valence-corrected chi connectivity index (χ4v) is 3.55. The molecule has 3 aromatic rings. The smallest absolute Gasteiger partial charge is 0.236 e. The molecule has 0 spiro atoms. The van der Waals surface area contributed by atoms with Crippen molar-refractivity contribution in [1.82, 2.24) is 0 Å². The second-order valence-electron chi connectivity index (χ2n) is 6.04. The summed E-state index contributed by atoms with van der Waals surface area (Å²) < 4.78 is 45.7. The van der Waals surface area contributed by atoms with E-state index in [0.29, 0.717) is 17.9 Å². The first-order valence-corrected chi connectivity index (χ1v) is 10.2. The average Bonchev–Trinajstić information content (AvgIpc) is 2.65. The zero-order valence-corrected chi connectivity index (χ0v) is 15.5. The standard InChI is InChI=1S/C21H20FNO3S/c22-19-10-12-20(13-11-19)26-14-15-27(24,25)23-21-9-5-4-8-18(21)16-17-6-2-1-3-7-17/h1-13,23H,14-16H2. The maximum atomic E-state index is 12.9. The molecule has 0 aliphatic rings. The SMILES string of the molecule is O=S(=O)(CCOc1ccc(F)cc1)Nc1ccccc1Cc1ccccc1. The maximum absolute atomic E-state index is 12.9. The van der Waals surface area contributed by atoms with E-state index in [4.69, 9.17) is 4.74 Å². The zero-order valence-electron chi connectivity index (χ0n) is 14.6. The molecule has 0 fully saturated rings. The largest absolute Gasteiger partial charge is 0.492 e. The highest BCUT2D eigenvalue weighted by atomic mass is 32.2. The number of hydrogen-bond donors (Lipinski definition) is 1. The molecule has 0 amide bonds. The van der Waals surface area contributed by atoms with Gasteiger partial charge >= 0.3 is 0 Å². The van der Waals surface area contributed by atoms with E-state index in [-0.39, 0.29) is 18.2 Å². The lowest BCUT2D eigenvalue weighted by molar-refractivity contribution is 0.340. The zero-order chi connectivity index (χ0) is 19.1. The first-order valence-electron chi connectivity index (χ1n) is 8.52. The highest BCUT2D eigenvalue weighted by molar-refractivity contribution is 7.92. The number of anilines is 1. The predicted molar refractivity (Wildman–Crippen MR) is 105 cm³/mol. The maximum Gasteiger partial charge on any atom is 0.236 e. The highest BCUT2D eigenvalue weighted by Gasteiger charge is 2.13. The van der Waals surface area contributed by atoms with Gasteiger partial charge in [-0.15, -0.1) is 0 Å². The molecule has 0 atom stereocenters. The van der Waals surface area contributed by atoms with Gasteiger partial charge in [-0.2, -0.15) is 0 Å². The molecule has 0 aliphatic heterocycles. The number of sulfonamides is 1. The number of benzene rings is 3. The van der Waals surface area contributed by atoms with Gasteiger partial charge in [-0.3, -0.25) is 4.72 Å². The van der Waals surface area contributed by atoms with Gasteiger partial charge in [0.1, 0.15) is 23.9 Å². The van der Waals surface area contributed by atoms with Crippen LogP contribution in [-0.4, -0.2) is 20.8 Å². The molecule has 1 N–H and O–H groups in total. The number of nitrogens with one attached hydrogen (secondary N) is 1. The van der Waals surface area contributed by atoms with Crippen molar-refractivity contribution in [1.29, 1.82) is 0 Å². The van der Waals surface area contributed by atoms with Gasteiger partial charge in [-0.25, -0.2) is 12.8 Å². The third kappa shape index (κ3) is 5.82. The Morgan fingerprint density at radius 1 is 0.852 bits per heavy atom. The van der Waals surface area contributed by atoms with E-state index >= 15 is 0 Å². The minimum Gasteiger partial charge on any atom is -0.492 e. The summed E-state index contributed by atoms with van der Waals surface area (Å²) in [5.74, 6) is -0.146. The van der Waals surface area contributed by atoms with E-state index in [2.05, 4.69) is 4.72 Å². The topological polar surface area (TPSA) is 55.4 Å². The molecule has 6 heteroatoms. The van der Waals surface area contributed by atoms with Crippen LogP contribution >= 0.6 is 0 Å². The quantitative estimate of drug-likeness (QED) is 0.631. The van der Waals surface area contributed by atoms with Gasteiger partial charge < -0.3 is 4.74 Å². The van der Waals surface area contributed by atoms with Crippen molar-refractivity contribution in [3.8, 4) is 5.75 Å². The minimum absolute atomic E-state index is 0.0260. The first kappa shape index (κ1) is 18.9. The number of halogens is 1. The summed E-state index contributed by atoms with van der Waals surface area (Å²) in [5, 5.41) is 0. The van der Waals surface area contributed by atoms with Crippen LogP contribution in [0, 0.1) is 5.82 Å². The van der Waals surface area contributed by atoms with Gasteiger partial charge in [0.05, 0.1) is 5.69 Å². The molecule has 0 unspecified atom stereocenters. The molecule has 140 valence electrons. The van der Waals surface area contributed by atoms with E-state index < -0.39 is 10.0 Å². The molecule has 3 aromatic carbocycles. The van der Waals surface area contributed by atoms with E-state index in [0.717, 1.165) is 11.1 Å². The third-order valence-corrected chi connectivity index (χ3v) is 5.19. The van der Waals surface area contributed by atoms with Crippen molar-refractivity contribution in [3.05, 3.63) is 95.8 Å². The molecule has 0 saturated heterocycles. The lowest BCUT2D eigenvalue weighted by atomic mass is 10.0. The van der Waals surface area contributed by atoms with Crippen LogP contribution in [0.1, 0.15) is 11.1 Å². The van der Waals surface area contributed by atoms with Crippen molar-refractivity contribution in [3.63, 3.8) is 0 Å².